The van der Waals surface area contributed by atoms with E-state index in [9.17, 15) is 4.39 Å². The van der Waals surface area contributed by atoms with Crippen molar-refractivity contribution < 1.29 is 9.13 Å². The maximum Gasteiger partial charge on any atom is 0.165 e. The molecule has 1 fully saturated rings. The first-order valence-electron chi connectivity index (χ1n) is 6.02. The van der Waals surface area contributed by atoms with Crippen molar-refractivity contribution in [3.63, 3.8) is 0 Å². The number of nitrogens with two attached hydrogens (primary N) is 1. The van der Waals surface area contributed by atoms with Crippen molar-refractivity contribution in [3.05, 3.63) is 29.6 Å². The zero-order valence-corrected chi connectivity index (χ0v) is 11.3. The second-order valence-electron chi connectivity index (χ2n) is 4.48. The molecule has 0 spiro atoms. The van der Waals surface area contributed by atoms with Crippen molar-refractivity contribution >= 4 is 12.4 Å². The lowest BCUT2D eigenvalue weighted by atomic mass is 9.86. The van der Waals surface area contributed by atoms with Gasteiger partial charge in [-0.2, -0.15) is 0 Å². The van der Waals surface area contributed by atoms with Crippen LogP contribution in [0.2, 0.25) is 0 Å². The Morgan fingerprint density at radius 1 is 1.39 bits per heavy atom. The highest BCUT2D eigenvalue weighted by Gasteiger charge is 2.25. The van der Waals surface area contributed by atoms with Gasteiger partial charge in [0.25, 0.3) is 0 Å². The minimum Gasteiger partial charge on any atom is -0.493 e. The summed E-state index contributed by atoms with van der Waals surface area (Å²) in [4.78, 5) is 0. The maximum absolute atomic E-state index is 13.6. The van der Waals surface area contributed by atoms with E-state index in [-0.39, 0.29) is 24.3 Å². The summed E-state index contributed by atoms with van der Waals surface area (Å²) in [5, 5.41) is 3.30. The summed E-state index contributed by atoms with van der Waals surface area (Å²) in [5.41, 5.74) is 7.02. The molecule has 2 rings (SSSR count). The summed E-state index contributed by atoms with van der Waals surface area (Å²) in [6, 6.07) is 4.79. The summed E-state index contributed by atoms with van der Waals surface area (Å²) >= 11 is 0. The second-order valence-corrected chi connectivity index (χ2v) is 4.48. The Bertz CT molecular complexity index is 383. The summed E-state index contributed by atoms with van der Waals surface area (Å²) in [6.07, 6.45) is 2.06. The Labute approximate surface area is 113 Å². The van der Waals surface area contributed by atoms with Gasteiger partial charge in [0.2, 0.25) is 0 Å². The number of hydrogen-bond donors (Lipinski definition) is 2. The topological polar surface area (TPSA) is 47.3 Å². The SMILES string of the molecule is COc1c(F)cccc1[C@H](N)C1CCNCC1.Cl. The first kappa shape index (κ1) is 15.2. The van der Waals surface area contributed by atoms with E-state index in [4.69, 9.17) is 10.5 Å². The Morgan fingerprint density at radius 3 is 2.67 bits per heavy atom. The molecule has 1 saturated heterocycles. The van der Waals surface area contributed by atoms with E-state index in [1.807, 2.05) is 6.07 Å². The third kappa shape index (κ3) is 3.13. The van der Waals surface area contributed by atoms with Crippen molar-refractivity contribution in [1.82, 2.24) is 5.32 Å². The van der Waals surface area contributed by atoms with Crippen molar-refractivity contribution in [2.75, 3.05) is 20.2 Å². The van der Waals surface area contributed by atoms with Crippen LogP contribution in [-0.4, -0.2) is 20.2 Å². The highest BCUT2D eigenvalue weighted by atomic mass is 35.5. The monoisotopic (exact) mass is 274 g/mol. The van der Waals surface area contributed by atoms with Gasteiger partial charge in [0.15, 0.2) is 11.6 Å². The minimum atomic E-state index is -0.339. The van der Waals surface area contributed by atoms with E-state index >= 15 is 0 Å². The molecule has 1 aliphatic heterocycles. The highest BCUT2D eigenvalue weighted by molar-refractivity contribution is 5.85. The van der Waals surface area contributed by atoms with E-state index in [2.05, 4.69) is 5.32 Å². The van der Waals surface area contributed by atoms with Crippen molar-refractivity contribution in [2.45, 2.75) is 18.9 Å². The molecule has 18 heavy (non-hydrogen) atoms. The van der Waals surface area contributed by atoms with Crippen LogP contribution in [0.3, 0.4) is 0 Å². The molecule has 5 heteroatoms. The molecule has 1 aliphatic rings. The van der Waals surface area contributed by atoms with Crippen LogP contribution in [0.15, 0.2) is 18.2 Å². The van der Waals surface area contributed by atoms with Crippen LogP contribution in [0.4, 0.5) is 4.39 Å². The molecule has 0 aliphatic carbocycles. The maximum atomic E-state index is 13.6. The average molecular weight is 275 g/mol. The zero-order chi connectivity index (χ0) is 12.3. The molecule has 102 valence electrons. The van der Waals surface area contributed by atoms with Gasteiger partial charge >= 0.3 is 0 Å². The van der Waals surface area contributed by atoms with Gasteiger partial charge in [-0.15, -0.1) is 12.4 Å². The fourth-order valence-corrected chi connectivity index (χ4v) is 2.46. The van der Waals surface area contributed by atoms with Gasteiger partial charge in [0.05, 0.1) is 7.11 Å². The van der Waals surface area contributed by atoms with Crippen LogP contribution in [0, 0.1) is 11.7 Å². The van der Waals surface area contributed by atoms with Crippen molar-refractivity contribution in [3.8, 4) is 5.75 Å². The van der Waals surface area contributed by atoms with E-state index in [1.54, 1.807) is 6.07 Å². The number of benzene rings is 1. The third-order valence-corrected chi connectivity index (χ3v) is 3.45. The molecule has 0 bridgehead atoms. The lowest BCUT2D eigenvalue weighted by molar-refractivity contribution is 0.309. The van der Waals surface area contributed by atoms with E-state index in [1.165, 1.54) is 13.2 Å². The third-order valence-electron chi connectivity index (χ3n) is 3.45. The summed E-state index contributed by atoms with van der Waals surface area (Å²) in [6.45, 7) is 1.96. The van der Waals surface area contributed by atoms with Gasteiger partial charge in [-0.3, -0.25) is 0 Å². The largest absolute Gasteiger partial charge is 0.493 e. The van der Waals surface area contributed by atoms with Gasteiger partial charge in [-0.05, 0) is 37.9 Å². The highest BCUT2D eigenvalue weighted by Crippen LogP contribution is 2.33. The predicted octanol–water partition coefficient (Wildman–Crippen LogP) is 2.26. The molecule has 0 saturated carbocycles. The smallest absolute Gasteiger partial charge is 0.165 e. The van der Waals surface area contributed by atoms with Gasteiger partial charge in [0.1, 0.15) is 0 Å². The number of para-hydroxylation sites is 1. The fraction of sp³-hybridized carbons (Fsp3) is 0.538. The molecule has 3 N–H and O–H groups in total. The van der Waals surface area contributed by atoms with Crippen LogP contribution >= 0.6 is 12.4 Å². The fourth-order valence-electron chi connectivity index (χ4n) is 2.46. The normalized spacial score (nSPS) is 17.9. The Morgan fingerprint density at radius 2 is 2.06 bits per heavy atom. The number of nitrogens with one attached hydrogen (secondary N) is 1. The Hall–Kier alpha value is -0.840. The van der Waals surface area contributed by atoms with Gasteiger partial charge < -0.3 is 15.8 Å². The van der Waals surface area contributed by atoms with Crippen LogP contribution in [0.1, 0.15) is 24.4 Å². The van der Waals surface area contributed by atoms with Crippen LogP contribution in [0.5, 0.6) is 5.75 Å². The number of ether oxygens (including phenoxy) is 1. The molecule has 0 unspecified atom stereocenters. The van der Waals surface area contributed by atoms with E-state index < -0.39 is 0 Å². The van der Waals surface area contributed by atoms with Crippen molar-refractivity contribution in [2.24, 2.45) is 11.7 Å². The molecule has 1 atom stereocenters. The number of rotatable bonds is 3. The second kappa shape index (κ2) is 6.92. The minimum absolute atomic E-state index is 0. The molecular formula is C13H20ClFN2O. The zero-order valence-electron chi connectivity index (χ0n) is 10.5. The number of hydrogen-bond acceptors (Lipinski definition) is 3. The summed E-state index contributed by atoms with van der Waals surface area (Å²) < 4.78 is 18.7. The first-order chi connectivity index (χ1) is 8.24. The van der Waals surface area contributed by atoms with Crippen LogP contribution in [-0.2, 0) is 0 Å². The lowest BCUT2D eigenvalue weighted by Crippen LogP contribution is -2.34. The predicted molar refractivity (Wildman–Crippen MR) is 72.7 cm³/mol. The first-order valence-corrected chi connectivity index (χ1v) is 6.02. The summed E-state index contributed by atoms with van der Waals surface area (Å²) in [7, 11) is 1.48. The molecule has 3 nitrogen and oxygen atoms in total. The number of piperidine rings is 1. The Kier molecular flexibility index (Phi) is 5.85. The molecule has 0 aromatic heterocycles. The van der Waals surface area contributed by atoms with E-state index in [0.717, 1.165) is 31.5 Å². The molecule has 0 amide bonds. The van der Waals surface area contributed by atoms with Gasteiger partial charge in [-0.25, -0.2) is 4.39 Å². The quantitative estimate of drug-likeness (QED) is 0.889. The van der Waals surface area contributed by atoms with Crippen LogP contribution < -0.4 is 15.8 Å². The average Bonchev–Trinajstić information content (AvgIpc) is 2.38. The van der Waals surface area contributed by atoms with Crippen molar-refractivity contribution in [1.29, 1.82) is 0 Å². The Balaban J connectivity index is 0.00000162. The number of halogens is 2. The molecule has 1 heterocycles. The molecular weight excluding hydrogens is 255 g/mol. The molecule has 0 radical (unpaired) electrons. The van der Waals surface area contributed by atoms with Gasteiger partial charge in [0, 0.05) is 11.6 Å². The van der Waals surface area contributed by atoms with E-state index in [0.29, 0.717) is 11.7 Å². The molecule has 1 aromatic rings. The summed E-state index contributed by atoms with van der Waals surface area (Å²) in [5.74, 6) is 0.347. The van der Waals surface area contributed by atoms with Gasteiger partial charge in [-0.1, -0.05) is 12.1 Å². The van der Waals surface area contributed by atoms with Crippen LogP contribution in [0.25, 0.3) is 0 Å². The standard InChI is InChI=1S/C13H19FN2O.ClH/c1-17-13-10(3-2-4-11(13)14)12(15)9-5-7-16-8-6-9;/h2-4,9,12,16H,5-8,15H2,1H3;1H/t12-;/m1./s1. The molecule has 1 aromatic carbocycles. The lowest BCUT2D eigenvalue weighted by Gasteiger charge is -2.29. The number of methoxy groups -OCH3 is 1.